The van der Waals surface area contributed by atoms with Crippen molar-refractivity contribution in [1.82, 2.24) is 0 Å². The van der Waals surface area contributed by atoms with Crippen LogP contribution in [0.15, 0.2) is 48.5 Å². The molecule has 0 saturated carbocycles. The second-order valence-corrected chi connectivity index (χ2v) is 7.06. The number of halogens is 3. The second-order valence-electron chi connectivity index (χ2n) is 4.69. The van der Waals surface area contributed by atoms with E-state index in [1.807, 2.05) is 62.4 Å². The van der Waals surface area contributed by atoms with Crippen LogP contribution in [0.3, 0.4) is 0 Å². The Morgan fingerprint density at radius 2 is 1.11 bits per heavy atom. The molecule has 0 fully saturated rings. The molecular weight excluding hydrogens is 299 g/mol. The SMILES string of the molecule is Cc1ccccc1C(c1ccccc1C)C(Cl)(Cl)Cl. The van der Waals surface area contributed by atoms with Gasteiger partial charge >= 0.3 is 0 Å². The third-order valence-electron chi connectivity index (χ3n) is 3.33. The van der Waals surface area contributed by atoms with Gasteiger partial charge in [-0.3, -0.25) is 0 Å². The minimum atomic E-state index is -1.38. The van der Waals surface area contributed by atoms with Gasteiger partial charge < -0.3 is 0 Å². The maximum atomic E-state index is 6.24. The van der Waals surface area contributed by atoms with Gasteiger partial charge in [-0.2, -0.15) is 0 Å². The normalized spacial score (nSPS) is 11.9. The highest BCUT2D eigenvalue weighted by Gasteiger charge is 2.36. The highest BCUT2D eigenvalue weighted by Crippen LogP contribution is 2.47. The highest BCUT2D eigenvalue weighted by atomic mass is 35.6. The molecule has 19 heavy (non-hydrogen) atoms. The summed E-state index contributed by atoms with van der Waals surface area (Å²) in [5.41, 5.74) is 4.36. The predicted octanol–water partition coefficient (Wildman–Crippen LogP) is 5.81. The van der Waals surface area contributed by atoms with Gasteiger partial charge in [-0.25, -0.2) is 0 Å². The fourth-order valence-corrected chi connectivity index (χ4v) is 3.05. The zero-order chi connectivity index (χ0) is 14.0. The van der Waals surface area contributed by atoms with Crippen LogP contribution in [0.1, 0.15) is 28.2 Å². The molecule has 2 rings (SSSR count). The topological polar surface area (TPSA) is 0 Å². The predicted molar refractivity (Wildman–Crippen MR) is 84.5 cm³/mol. The number of hydrogen-bond acceptors (Lipinski definition) is 0. The summed E-state index contributed by atoms with van der Waals surface area (Å²) in [6, 6.07) is 16.1. The summed E-state index contributed by atoms with van der Waals surface area (Å²) in [4.78, 5) is 0. The lowest BCUT2D eigenvalue weighted by atomic mass is 9.87. The van der Waals surface area contributed by atoms with Gasteiger partial charge in [0.2, 0.25) is 3.79 Å². The Hall–Kier alpha value is -0.690. The van der Waals surface area contributed by atoms with Crippen LogP contribution in [0.5, 0.6) is 0 Å². The van der Waals surface area contributed by atoms with Gasteiger partial charge in [0.05, 0.1) is 5.92 Å². The molecule has 0 nitrogen and oxygen atoms in total. The van der Waals surface area contributed by atoms with Crippen molar-refractivity contribution in [3.05, 3.63) is 70.8 Å². The van der Waals surface area contributed by atoms with E-state index in [1.54, 1.807) is 0 Å². The molecule has 0 amide bonds. The Morgan fingerprint density at radius 3 is 1.42 bits per heavy atom. The summed E-state index contributed by atoms with van der Waals surface area (Å²) in [5.74, 6) is -0.264. The zero-order valence-corrected chi connectivity index (χ0v) is 13.1. The lowest BCUT2D eigenvalue weighted by molar-refractivity contribution is 0.823. The first-order valence-corrected chi connectivity index (χ1v) is 7.22. The van der Waals surface area contributed by atoms with Crippen LogP contribution in [0.4, 0.5) is 0 Å². The third-order valence-corrected chi connectivity index (χ3v) is 3.98. The van der Waals surface area contributed by atoms with Crippen molar-refractivity contribution in [1.29, 1.82) is 0 Å². The Morgan fingerprint density at radius 1 is 0.737 bits per heavy atom. The molecule has 0 aliphatic carbocycles. The smallest absolute Gasteiger partial charge is 0.0826 e. The van der Waals surface area contributed by atoms with E-state index in [4.69, 9.17) is 34.8 Å². The molecule has 2 aromatic rings. The van der Waals surface area contributed by atoms with Crippen LogP contribution in [-0.2, 0) is 0 Å². The minimum Gasteiger partial charge on any atom is -0.0826 e. The Kier molecular flexibility index (Phi) is 4.45. The fourth-order valence-electron chi connectivity index (χ4n) is 2.34. The molecule has 2 aromatic carbocycles. The first-order chi connectivity index (χ1) is 8.91. The first-order valence-electron chi connectivity index (χ1n) is 6.09. The summed E-state index contributed by atoms with van der Waals surface area (Å²) in [7, 11) is 0. The molecule has 3 heteroatoms. The standard InChI is InChI=1S/C16H15Cl3/c1-11-7-3-5-9-13(11)15(16(17,18)19)14-10-6-4-8-12(14)2/h3-10,15H,1-2H3. The largest absolute Gasteiger partial charge is 0.201 e. The minimum absolute atomic E-state index is 0.264. The van der Waals surface area contributed by atoms with Crippen LogP contribution < -0.4 is 0 Å². The summed E-state index contributed by atoms with van der Waals surface area (Å²) < 4.78 is -1.38. The molecule has 0 radical (unpaired) electrons. The van der Waals surface area contributed by atoms with E-state index in [2.05, 4.69) is 0 Å². The van der Waals surface area contributed by atoms with Crippen molar-refractivity contribution in [3.63, 3.8) is 0 Å². The molecule has 0 heterocycles. The van der Waals surface area contributed by atoms with E-state index in [-0.39, 0.29) is 5.92 Å². The number of alkyl halides is 3. The molecule has 0 atom stereocenters. The molecule has 0 spiro atoms. The van der Waals surface area contributed by atoms with Crippen molar-refractivity contribution in [2.75, 3.05) is 0 Å². The van der Waals surface area contributed by atoms with Crippen LogP contribution in [0.2, 0.25) is 0 Å². The lowest BCUT2D eigenvalue weighted by Gasteiger charge is -2.28. The number of benzene rings is 2. The van der Waals surface area contributed by atoms with E-state index < -0.39 is 3.79 Å². The lowest BCUT2D eigenvalue weighted by Crippen LogP contribution is -2.20. The average molecular weight is 314 g/mol. The summed E-state index contributed by atoms with van der Waals surface area (Å²) in [6.07, 6.45) is 0. The van der Waals surface area contributed by atoms with Crippen molar-refractivity contribution < 1.29 is 0 Å². The van der Waals surface area contributed by atoms with Crippen molar-refractivity contribution >= 4 is 34.8 Å². The molecule has 0 aromatic heterocycles. The monoisotopic (exact) mass is 312 g/mol. The second kappa shape index (κ2) is 5.75. The summed E-state index contributed by atoms with van der Waals surface area (Å²) >= 11 is 18.7. The Balaban J connectivity index is 2.62. The van der Waals surface area contributed by atoms with Gasteiger partial charge in [0.1, 0.15) is 0 Å². The van der Waals surface area contributed by atoms with E-state index in [0.717, 1.165) is 22.3 Å². The average Bonchev–Trinajstić information content (AvgIpc) is 2.33. The van der Waals surface area contributed by atoms with Crippen LogP contribution in [-0.4, -0.2) is 3.79 Å². The molecule has 0 saturated heterocycles. The molecule has 0 bridgehead atoms. The van der Waals surface area contributed by atoms with Gasteiger partial charge in [0, 0.05) is 0 Å². The van der Waals surface area contributed by atoms with E-state index in [1.165, 1.54) is 0 Å². The van der Waals surface area contributed by atoms with Crippen LogP contribution >= 0.6 is 34.8 Å². The van der Waals surface area contributed by atoms with Gasteiger partial charge in [-0.1, -0.05) is 83.3 Å². The molecule has 0 N–H and O–H groups in total. The zero-order valence-electron chi connectivity index (χ0n) is 10.8. The molecule has 0 aliphatic rings. The van der Waals surface area contributed by atoms with Crippen LogP contribution in [0, 0.1) is 13.8 Å². The van der Waals surface area contributed by atoms with E-state index in [0.29, 0.717) is 0 Å². The van der Waals surface area contributed by atoms with Crippen molar-refractivity contribution in [2.45, 2.75) is 23.6 Å². The van der Waals surface area contributed by atoms with E-state index >= 15 is 0 Å². The van der Waals surface area contributed by atoms with Gasteiger partial charge in [-0.05, 0) is 36.1 Å². The quantitative estimate of drug-likeness (QED) is 0.614. The van der Waals surface area contributed by atoms with Crippen LogP contribution in [0.25, 0.3) is 0 Å². The highest BCUT2D eigenvalue weighted by molar-refractivity contribution is 6.68. The Labute approximate surface area is 129 Å². The fraction of sp³-hybridized carbons (Fsp3) is 0.250. The van der Waals surface area contributed by atoms with Gasteiger partial charge in [0.15, 0.2) is 0 Å². The molecule has 0 unspecified atom stereocenters. The maximum Gasteiger partial charge on any atom is 0.201 e. The number of rotatable bonds is 2. The Bertz CT molecular complexity index is 525. The molecular formula is C16H15Cl3. The maximum absolute atomic E-state index is 6.24. The number of aryl methyl sites for hydroxylation is 2. The van der Waals surface area contributed by atoms with Crippen molar-refractivity contribution in [3.8, 4) is 0 Å². The number of hydrogen-bond donors (Lipinski definition) is 0. The van der Waals surface area contributed by atoms with E-state index in [9.17, 15) is 0 Å². The third kappa shape index (κ3) is 3.25. The van der Waals surface area contributed by atoms with Crippen molar-refractivity contribution in [2.24, 2.45) is 0 Å². The summed E-state index contributed by atoms with van der Waals surface area (Å²) in [6.45, 7) is 4.08. The molecule has 100 valence electrons. The first kappa shape index (κ1) is 14.7. The van der Waals surface area contributed by atoms with Gasteiger partial charge in [0.25, 0.3) is 0 Å². The van der Waals surface area contributed by atoms with Gasteiger partial charge in [-0.15, -0.1) is 0 Å². The summed E-state index contributed by atoms with van der Waals surface area (Å²) in [5, 5.41) is 0. The molecule has 0 aliphatic heterocycles.